The monoisotopic (exact) mass is 1360 g/mol. The van der Waals surface area contributed by atoms with Crippen molar-refractivity contribution >= 4 is 81.9 Å². The molecular weight excluding hydrogens is 1240 g/mol. The summed E-state index contributed by atoms with van der Waals surface area (Å²) >= 11 is 0. The van der Waals surface area contributed by atoms with E-state index in [2.05, 4.69) is 76.3 Å². The average molecular weight is 1360 g/mol. The van der Waals surface area contributed by atoms with Gasteiger partial charge in [0.1, 0.15) is 20.2 Å². The van der Waals surface area contributed by atoms with E-state index in [4.69, 9.17) is 18.9 Å². The minimum Gasteiger partial charge on any atom is -0.744 e. The summed E-state index contributed by atoms with van der Waals surface area (Å²) < 4.78 is 92.6. The molecule has 17 heteroatoms. The Morgan fingerprint density at radius 1 is 0.301 bits per heavy atom. The molecule has 524 valence electrons. The maximum absolute atomic E-state index is 12.9. The largest absolute Gasteiger partial charge is 2.00 e. The van der Waals surface area contributed by atoms with Crippen molar-refractivity contribution in [2.24, 2.45) is 0 Å². The Morgan fingerprint density at radius 2 is 0.495 bits per heavy atom. The zero-order chi connectivity index (χ0) is 67.4. The maximum Gasteiger partial charge on any atom is 2.00 e. The first-order valence-electron chi connectivity index (χ1n) is 36.1. The van der Waals surface area contributed by atoms with Gasteiger partial charge >= 0.3 is 61.6 Å². The molecule has 0 saturated heterocycles. The third kappa shape index (κ3) is 48.7. The summed E-state index contributed by atoms with van der Waals surface area (Å²) in [5.74, 6) is -3.75. The Hall–Kier alpha value is -3.64. The molecule has 0 unspecified atom stereocenters. The number of hydrogen-bond acceptors (Lipinski definition) is 14. The SMILES string of the molecule is CCCCCCCCCC/C=C/CCCOC(=O)c1cccc(S(=O)(=O)[O-])c1C(=O)OCCC/C=C/CCCCCCCCCC.CCCCCCCCCC/C=C/CCCOC(=O)c1cccc(S(=O)(=O)[O-])c1C(=O)OCCC/C=C/CCCCCCCCCC.[Ca+2]. The quantitative estimate of drug-likeness (QED) is 0.0150. The van der Waals surface area contributed by atoms with Gasteiger partial charge < -0.3 is 28.1 Å². The van der Waals surface area contributed by atoms with Gasteiger partial charge in [-0.3, -0.25) is 0 Å². The molecule has 2 aromatic rings. The fourth-order valence-electron chi connectivity index (χ4n) is 10.5. The van der Waals surface area contributed by atoms with Crippen molar-refractivity contribution in [1.82, 2.24) is 0 Å². The molecule has 0 aromatic heterocycles. The first kappa shape index (κ1) is 89.4. The van der Waals surface area contributed by atoms with Crippen LogP contribution in [-0.4, -0.2) is 114 Å². The van der Waals surface area contributed by atoms with Crippen LogP contribution in [0.4, 0.5) is 0 Å². The van der Waals surface area contributed by atoms with Gasteiger partial charge in [-0.05, 0) is 127 Å². The van der Waals surface area contributed by atoms with Crippen LogP contribution < -0.4 is 0 Å². The van der Waals surface area contributed by atoms with Gasteiger partial charge in [-0.2, -0.15) is 0 Å². The number of carbonyl (C=O) groups excluding carboxylic acids is 4. The van der Waals surface area contributed by atoms with Gasteiger partial charge in [-0.25, -0.2) is 36.0 Å². The summed E-state index contributed by atoms with van der Waals surface area (Å²) in [5, 5.41) is 0. The van der Waals surface area contributed by atoms with Gasteiger partial charge in [0.15, 0.2) is 0 Å². The Labute approximate surface area is 595 Å². The molecule has 0 saturated carbocycles. The molecule has 0 amide bonds. The van der Waals surface area contributed by atoms with E-state index in [1.54, 1.807) is 0 Å². The van der Waals surface area contributed by atoms with Crippen LogP contribution in [0.2, 0.25) is 0 Å². The third-order valence-corrected chi connectivity index (χ3v) is 17.8. The van der Waals surface area contributed by atoms with Gasteiger partial charge in [0.2, 0.25) is 0 Å². The molecule has 0 aliphatic rings. The molecule has 0 fully saturated rings. The van der Waals surface area contributed by atoms with Crippen molar-refractivity contribution < 1.29 is 64.1 Å². The molecule has 0 bridgehead atoms. The second kappa shape index (κ2) is 61.9. The van der Waals surface area contributed by atoms with E-state index in [0.29, 0.717) is 38.5 Å². The Kier molecular flexibility index (Phi) is 59.5. The zero-order valence-corrected chi connectivity index (χ0v) is 62.1. The molecular formula is C76H122CaO14S2. The van der Waals surface area contributed by atoms with Gasteiger partial charge in [0, 0.05) is 0 Å². The summed E-state index contributed by atoms with van der Waals surface area (Å²) in [6.45, 7) is 9.20. The van der Waals surface area contributed by atoms with Gasteiger partial charge in [-0.1, -0.05) is 268 Å². The van der Waals surface area contributed by atoms with Crippen LogP contribution in [0.25, 0.3) is 0 Å². The van der Waals surface area contributed by atoms with Crippen LogP contribution in [0.3, 0.4) is 0 Å². The number of allylic oxidation sites excluding steroid dienone is 8. The summed E-state index contributed by atoms with van der Waals surface area (Å²) in [6.07, 6.45) is 67.2. The fraction of sp³-hybridized carbons (Fsp3) is 0.684. The van der Waals surface area contributed by atoms with E-state index >= 15 is 0 Å². The van der Waals surface area contributed by atoms with E-state index in [1.807, 2.05) is 0 Å². The third-order valence-electron chi connectivity index (χ3n) is 16.0. The number of hydrogen-bond donors (Lipinski definition) is 0. The van der Waals surface area contributed by atoms with Crippen molar-refractivity contribution in [1.29, 1.82) is 0 Å². The fourth-order valence-corrected chi connectivity index (χ4v) is 11.9. The van der Waals surface area contributed by atoms with E-state index in [0.717, 1.165) is 63.5 Å². The molecule has 14 nitrogen and oxygen atoms in total. The smallest absolute Gasteiger partial charge is 0.744 e. The van der Waals surface area contributed by atoms with Crippen molar-refractivity contribution in [2.75, 3.05) is 26.4 Å². The normalized spacial score (nSPS) is 11.8. The first-order chi connectivity index (χ1) is 44.6. The van der Waals surface area contributed by atoms with Crippen molar-refractivity contribution in [3.8, 4) is 0 Å². The van der Waals surface area contributed by atoms with E-state index in [1.165, 1.54) is 217 Å². The molecule has 0 heterocycles. The second-order valence-corrected chi connectivity index (χ2v) is 27.0. The zero-order valence-electron chi connectivity index (χ0n) is 58.3. The van der Waals surface area contributed by atoms with Gasteiger partial charge in [-0.15, -0.1) is 0 Å². The molecule has 0 radical (unpaired) electrons. The molecule has 0 spiro atoms. The van der Waals surface area contributed by atoms with Crippen LogP contribution >= 0.6 is 0 Å². The van der Waals surface area contributed by atoms with Crippen molar-refractivity contribution in [2.45, 2.75) is 320 Å². The van der Waals surface area contributed by atoms with Crippen molar-refractivity contribution in [3.05, 3.63) is 107 Å². The Morgan fingerprint density at radius 3 is 0.710 bits per heavy atom. The van der Waals surface area contributed by atoms with Crippen LogP contribution in [0.15, 0.2) is 94.8 Å². The second-order valence-electron chi connectivity index (χ2n) is 24.3. The molecule has 0 aliphatic heterocycles. The van der Waals surface area contributed by atoms with Gasteiger partial charge in [0.25, 0.3) is 0 Å². The molecule has 93 heavy (non-hydrogen) atoms. The molecule has 2 aromatic carbocycles. The predicted octanol–water partition coefficient (Wildman–Crippen LogP) is 20.9. The first-order valence-corrected chi connectivity index (χ1v) is 38.9. The molecule has 0 N–H and O–H groups in total. The van der Waals surface area contributed by atoms with E-state index in [9.17, 15) is 45.1 Å². The van der Waals surface area contributed by atoms with E-state index < -0.39 is 65.0 Å². The number of unbranched alkanes of at least 4 members (excludes halogenated alkanes) is 36. The molecule has 2 rings (SSSR count). The topological polar surface area (TPSA) is 220 Å². The average Bonchev–Trinajstić information content (AvgIpc) is 0.820. The van der Waals surface area contributed by atoms with E-state index in [-0.39, 0.29) is 75.3 Å². The summed E-state index contributed by atoms with van der Waals surface area (Å²) in [7, 11) is -10.0. The number of esters is 4. The summed E-state index contributed by atoms with van der Waals surface area (Å²) in [4.78, 5) is 49.9. The Balaban J connectivity index is 0.00000180. The van der Waals surface area contributed by atoms with Crippen molar-refractivity contribution in [3.63, 3.8) is 0 Å². The molecule has 0 aliphatic carbocycles. The molecule has 0 atom stereocenters. The van der Waals surface area contributed by atoms with Crippen LogP contribution in [0.5, 0.6) is 0 Å². The van der Waals surface area contributed by atoms with Crippen LogP contribution in [0, 0.1) is 0 Å². The number of ether oxygens (including phenoxy) is 4. The predicted molar refractivity (Wildman–Crippen MR) is 378 cm³/mol. The minimum absolute atomic E-state index is 0. The van der Waals surface area contributed by atoms with Crippen LogP contribution in [0.1, 0.15) is 352 Å². The number of carbonyl (C=O) groups is 4. The number of rotatable bonds is 58. The summed E-state index contributed by atoms with van der Waals surface area (Å²) in [5.41, 5.74) is -1.68. The number of benzene rings is 2. The standard InChI is InChI=1S/2C38H62O7S.Ca/c2*1-3-5-7-9-11-13-15-17-19-21-23-25-27-32-44-37(39)34-30-29-31-35(46(41,42)43)36(34)38(40)45-33-28-26-24-22-20-18-16-14-12-10-8-6-4-2;/h2*21-24,29-31H,3-20,25-28,32-33H2,1-2H3,(H,41,42,43);/q;;+2/p-2/b2*23-21+,24-22+;. The summed E-state index contributed by atoms with van der Waals surface area (Å²) in [6, 6.07) is 7.10. The Bertz CT molecular complexity index is 2400. The van der Waals surface area contributed by atoms with Gasteiger partial charge in [0.05, 0.1) is 58.5 Å². The minimum atomic E-state index is -5.02. The maximum atomic E-state index is 12.9. The van der Waals surface area contributed by atoms with Crippen LogP contribution in [-0.2, 0) is 39.2 Å².